The topological polar surface area (TPSA) is 51.2 Å². The predicted molar refractivity (Wildman–Crippen MR) is 69.2 cm³/mol. The second kappa shape index (κ2) is 5.23. The average Bonchev–Trinajstić information content (AvgIpc) is 2.64. The van der Waals surface area contributed by atoms with E-state index >= 15 is 0 Å². The van der Waals surface area contributed by atoms with Crippen LogP contribution < -0.4 is 11.3 Å². The number of furan rings is 1. The van der Waals surface area contributed by atoms with Crippen molar-refractivity contribution in [2.24, 2.45) is 23.6 Å². The van der Waals surface area contributed by atoms with Crippen molar-refractivity contribution in [2.75, 3.05) is 0 Å². The Morgan fingerprint density at radius 3 is 2.35 bits per heavy atom. The van der Waals surface area contributed by atoms with E-state index in [1.807, 2.05) is 19.1 Å². The van der Waals surface area contributed by atoms with E-state index in [0.717, 1.165) is 23.4 Å². The molecule has 0 amide bonds. The number of hydrazine groups is 1. The van der Waals surface area contributed by atoms with Crippen molar-refractivity contribution < 1.29 is 4.42 Å². The van der Waals surface area contributed by atoms with E-state index in [2.05, 4.69) is 19.3 Å². The summed E-state index contributed by atoms with van der Waals surface area (Å²) in [5.41, 5.74) is 2.95. The molecule has 3 unspecified atom stereocenters. The van der Waals surface area contributed by atoms with Crippen LogP contribution in [0.5, 0.6) is 0 Å². The molecule has 1 saturated carbocycles. The van der Waals surface area contributed by atoms with Crippen LogP contribution in [0, 0.1) is 24.7 Å². The standard InChI is InChI=1S/C14H24N2O/c1-9-6-10(2)8-12(7-9)14(16-15)13-5-4-11(3)17-13/h4-5,9-10,12,14,16H,6-8,15H2,1-3H3. The molecule has 0 spiro atoms. The summed E-state index contributed by atoms with van der Waals surface area (Å²) in [5.74, 6) is 9.83. The van der Waals surface area contributed by atoms with Gasteiger partial charge >= 0.3 is 0 Å². The molecular formula is C14H24N2O. The van der Waals surface area contributed by atoms with E-state index in [9.17, 15) is 0 Å². The molecule has 3 N–H and O–H groups in total. The van der Waals surface area contributed by atoms with E-state index in [4.69, 9.17) is 10.3 Å². The third kappa shape index (κ3) is 2.90. The van der Waals surface area contributed by atoms with Crippen molar-refractivity contribution in [3.63, 3.8) is 0 Å². The van der Waals surface area contributed by atoms with Gasteiger partial charge in [0.15, 0.2) is 0 Å². The first-order chi connectivity index (χ1) is 8.10. The largest absolute Gasteiger partial charge is 0.465 e. The van der Waals surface area contributed by atoms with Gasteiger partial charge in [0, 0.05) is 0 Å². The van der Waals surface area contributed by atoms with Crippen molar-refractivity contribution in [3.8, 4) is 0 Å². The number of hydrogen-bond donors (Lipinski definition) is 2. The van der Waals surface area contributed by atoms with Gasteiger partial charge in [-0.1, -0.05) is 13.8 Å². The molecule has 1 aromatic heterocycles. The predicted octanol–water partition coefficient (Wildman–Crippen LogP) is 3.16. The van der Waals surface area contributed by atoms with Crippen molar-refractivity contribution in [2.45, 2.75) is 46.1 Å². The lowest BCUT2D eigenvalue weighted by atomic mass is 9.73. The fourth-order valence-corrected chi connectivity index (χ4v) is 3.35. The minimum Gasteiger partial charge on any atom is -0.465 e. The normalized spacial score (nSPS) is 31.4. The van der Waals surface area contributed by atoms with Crippen LogP contribution in [0.1, 0.15) is 50.7 Å². The van der Waals surface area contributed by atoms with Crippen LogP contribution in [0.2, 0.25) is 0 Å². The van der Waals surface area contributed by atoms with Crippen LogP contribution in [0.15, 0.2) is 16.5 Å². The molecule has 0 bridgehead atoms. The lowest BCUT2D eigenvalue weighted by molar-refractivity contribution is 0.164. The lowest BCUT2D eigenvalue weighted by Crippen LogP contribution is -2.36. The van der Waals surface area contributed by atoms with Crippen molar-refractivity contribution in [3.05, 3.63) is 23.7 Å². The molecule has 1 aromatic rings. The third-order valence-corrected chi connectivity index (χ3v) is 3.93. The van der Waals surface area contributed by atoms with Crippen molar-refractivity contribution in [1.82, 2.24) is 5.43 Å². The third-order valence-electron chi connectivity index (χ3n) is 3.93. The highest BCUT2D eigenvalue weighted by molar-refractivity contribution is 5.11. The van der Waals surface area contributed by atoms with Gasteiger partial charge in [-0.25, -0.2) is 5.43 Å². The second-order valence-corrected chi connectivity index (χ2v) is 5.77. The summed E-state index contributed by atoms with van der Waals surface area (Å²) in [6.45, 7) is 6.65. The average molecular weight is 236 g/mol. The summed E-state index contributed by atoms with van der Waals surface area (Å²) in [5, 5.41) is 0. The number of rotatable bonds is 3. The Morgan fingerprint density at radius 1 is 1.24 bits per heavy atom. The molecule has 3 atom stereocenters. The van der Waals surface area contributed by atoms with Gasteiger partial charge in [0.2, 0.25) is 0 Å². The molecule has 1 heterocycles. The molecule has 1 aliphatic carbocycles. The zero-order valence-corrected chi connectivity index (χ0v) is 11.1. The monoisotopic (exact) mass is 236 g/mol. The quantitative estimate of drug-likeness (QED) is 0.626. The van der Waals surface area contributed by atoms with Crippen LogP contribution >= 0.6 is 0 Å². The molecule has 2 rings (SSSR count). The minimum atomic E-state index is 0.161. The van der Waals surface area contributed by atoms with Gasteiger partial charge in [0.05, 0.1) is 6.04 Å². The zero-order valence-electron chi connectivity index (χ0n) is 11.1. The molecule has 0 aliphatic heterocycles. The van der Waals surface area contributed by atoms with E-state index in [0.29, 0.717) is 5.92 Å². The molecule has 1 fully saturated rings. The summed E-state index contributed by atoms with van der Waals surface area (Å²) in [6, 6.07) is 4.22. The molecule has 96 valence electrons. The van der Waals surface area contributed by atoms with Gasteiger partial charge in [-0.3, -0.25) is 5.84 Å². The highest BCUT2D eigenvalue weighted by Crippen LogP contribution is 2.39. The van der Waals surface area contributed by atoms with Gasteiger partial charge in [-0.15, -0.1) is 0 Å². The van der Waals surface area contributed by atoms with Crippen LogP contribution in [0.4, 0.5) is 0 Å². The Balaban J connectivity index is 2.12. The smallest absolute Gasteiger partial charge is 0.122 e. The van der Waals surface area contributed by atoms with Crippen molar-refractivity contribution >= 4 is 0 Å². The lowest BCUT2D eigenvalue weighted by Gasteiger charge is -2.35. The maximum absolute atomic E-state index is 5.73. The van der Waals surface area contributed by atoms with Crippen LogP contribution in [0.25, 0.3) is 0 Å². The first-order valence-electron chi connectivity index (χ1n) is 6.62. The fourth-order valence-electron chi connectivity index (χ4n) is 3.35. The van der Waals surface area contributed by atoms with Crippen molar-refractivity contribution in [1.29, 1.82) is 0 Å². The summed E-state index contributed by atoms with van der Waals surface area (Å²) in [6.07, 6.45) is 3.81. The first-order valence-corrected chi connectivity index (χ1v) is 6.62. The van der Waals surface area contributed by atoms with Gasteiger partial charge < -0.3 is 4.42 Å². The molecule has 0 radical (unpaired) electrons. The Labute approximate surface area is 104 Å². The maximum atomic E-state index is 5.73. The Bertz CT molecular complexity index is 351. The van der Waals surface area contributed by atoms with E-state index < -0.39 is 0 Å². The molecule has 0 aromatic carbocycles. The van der Waals surface area contributed by atoms with Gasteiger partial charge in [0.25, 0.3) is 0 Å². The summed E-state index contributed by atoms with van der Waals surface area (Å²) in [4.78, 5) is 0. The number of aryl methyl sites for hydroxylation is 1. The van der Waals surface area contributed by atoms with E-state index in [-0.39, 0.29) is 6.04 Å². The highest BCUT2D eigenvalue weighted by atomic mass is 16.3. The van der Waals surface area contributed by atoms with E-state index in [1.165, 1.54) is 19.3 Å². The van der Waals surface area contributed by atoms with Crippen LogP contribution in [-0.4, -0.2) is 0 Å². The fraction of sp³-hybridized carbons (Fsp3) is 0.714. The second-order valence-electron chi connectivity index (χ2n) is 5.77. The number of nitrogens with one attached hydrogen (secondary N) is 1. The number of nitrogens with two attached hydrogens (primary N) is 1. The van der Waals surface area contributed by atoms with E-state index in [1.54, 1.807) is 0 Å². The zero-order chi connectivity index (χ0) is 12.4. The molecule has 3 nitrogen and oxygen atoms in total. The summed E-state index contributed by atoms with van der Waals surface area (Å²) in [7, 11) is 0. The highest BCUT2D eigenvalue weighted by Gasteiger charge is 2.31. The molecule has 0 saturated heterocycles. The molecule has 1 aliphatic rings. The molecular weight excluding hydrogens is 212 g/mol. The summed E-state index contributed by atoms with van der Waals surface area (Å²) >= 11 is 0. The Kier molecular flexibility index (Phi) is 3.89. The Morgan fingerprint density at radius 2 is 1.88 bits per heavy atom. The van der Waals surface area contributed by atoms with Crippen LogP contribution in [-0.2, 0) is 0 Å². The maximum Gasteiger partial charge on any atom is 0.122 e. The Hall–Kier alpha value is -0.800. The summed E-state index contributed by atoms with van der Waals surface area (Å²) < 4.78 is 5.72. The molecule has 17 heavy (non-hydrogen) atoms. The first kappa shape index (κ1) is 12.7. The SMILES string of the molecule is Cc1ccc(C(NN)C2CC(C)CC(C)C2)o1. The van der Waals surface area contributed by atoms with Gasteiger partial charge in [-0.05, 0) is 56.1 Å². The van der Waals surface area contributed by atoms with Gasteiger partial charge in [-0.2, -0.15) is 0 Å². The number of hydrogen-bond acceptors (Lipinski definition) is 3. The van der Waals surface area contributed by atoms with Gasteiger partial charge in [0.1, 0.15) is 11.5 Å². The van der Waals surface area contributed by atoms with Crippen LogP contribution in [0.3, 0.4) is 0 Å². The molecule has 3 heteroatoms. The minimum absolute atomic E-state index is 0.161.